The second kappa shape index (κ2) is 6.29. The van der Waals surface area contributed by atoms with Gasteiger partial charge in [0.05, 0.1) is 6.61 Å². The lowest BCUT2D eigenvalue weighted by Gasteiger charge is -2.25. The number of hydrogen-bond acceptors (Lipinski definition) is 3. The van der Waals surface area contributed by atoms with Crippen LogP contribution in [0.4, 0.5) is 0 Å². The van der Waals surface area contributed by atoms with Crippen LogP contribution in [0.5, 0.6) is 0 Å². The third-order valence-corrected chi connectivity index (χ3v) is 4.29. The van der Waals surface area contributed by atoms with Gasteiger partial charge in [-0.2, -0.15) is 0 Å². The van der Waals surface area contributed by atoms with Gasteiger partial charge in [0, 0.05) is 15.7 Å². The molecule has 0 spiro atoms. The van der Waals surface area contributed by atoms with Gasteiger partial charge < -0.3 is 10.8 Å². The molecule has 0 amide bonds. The first kappa shape index (κ1) is 16.5. The highest BCUT2D eigenvalue weighted by Crippen LogP contribution is 2.30. The highest BCUT2D eigenvalue weighted by atomic mass is 32.2. The summed E-state index contributed by atoms with van der Waals surface area (Å²) in [6.07, 6.45) is 0.801. The van der Waals surface area contributed by atoms with Crippen LogP contribution in [-0.2, 0) is 5.41 Å². The molecule has 3 N–H and O–H groups in total. The first-order chi connectivity index (χ1) is 8.64. The van der Waals surface area contributed by atoms with E-state index in [4.69, 9.17) is 5.73 Å². The minimum Gasteiger partial charge on any atom is -0.394 e. The van der Waals surface area contributed by atoms with Crippen LogP contribution in [0.1, 0.15) is 46.6 Å². The van der Waals surface area contributed by atoms with E-state index < -0.39 is 5.54 Å². The second-order valence-corrected chi connectivity index (χ2v) is 8.23. The van der Waals surface area contributed by atoms with Crippen molar-refractivity contribution in [3.05, 3.63) is 29.8 Å². The molecule has 19 heavy (non-hydrogen) atoms. The molecule has 0 bridgehead atoms. The molecule has 0 radical (unpaired) electrons. The van der Waals surface area contributed by atoms with Gasteiger partial charge in [-0.3, -0.25) is 0 Å². The predicted octanol–water partition coefficient (Wildman–Crippen LogP) is 3.56. The highest BCUT2D eigenvalue weighted by Gasteiger charge is 2.21. The molecule has 1 aromatic rings. The quantitative estimate of drug-likeness (QED) is 0.811. The highest BCUT2D eigenvalue weighted by molar-refractivity contribution is 7.99. The van der Waals surface area contributed by atoms with Crippen molar-refractivity contribution in [3.63, 3.8) is 0 Å². The molecule has 3 heteroatoms. The Morgan fingerprint density at radius 2 is 1.68 bits per heavy atom. The van der Waals surface area contributed by atoms with Gasteiger partial charge in [-0.15, -0.1) is 11.8 Å². The van der Waals surface area contributed by atoms with Crippen LogP contribution in [0.3, 0.4) is 0 Å². The lowest BCUT2D eigenvalue weighted by atomic mass is 9.87. The standard InChI is InChI=1S/C16H27NOS/c1-12(10-16(5,17)11-18)19-14-8-6-13(7-9-14)15(2,3)4/h6-9,12,18H,10-11,17H2,1-5H3. The molecule has 0 aliphatic heterocycles. The summed E-state index contributed by atoms with van der Waals surface area (Å²) in [4.78, 5) is 1.26. The van der Waals surface area contributed by atoms with E-state index in [-0.39, 0.29) is 12.0 Å². The van der Waals surface area contributed by atoms with Crippen molar-refractivity contribution < 1.29 is 5.11 Å². The number of thioether (sulfide) groups is 1. The van der Waals surface area contributed by atoms with Gasteiger partial charge in [0.1, 0.15) is 0 Å². The summed E-state index contributed by atoms with van der Waals surface area (Å²) >= 11 is 1.81. The second-order valence-electron chi connectivity index (χ2n) is 6.72. The van der Waals surface area contributed by atoms with Crippen molar-refractivity contribution in [2.45, 2.75) is 62.1 Å². The van der Waals surface area contributed by atoms with Crippen LogP contribution in [0, 0.1) is 0 Å². The van der Waals surface area contributed by atoms with Gasteiger partial charge in [0.25, 0.3) is 0 Å². The van der Waals surface area contributed by atoms with Gasteiger partial charge >= 0.3 is 0 Å². The van der Waals surface area contributed by atoms with E-state index in [1.165, 1.54) is 10.5 Å². The number of aliphatic hydroxyl groups is 1. The number of rotatable bonds is 5. The van der Waals surface area contributed by atoms with E-state index in [9.17, 15) is 5.11 Å². The SMILES string of the molecule is CC(CC(C)(N)CO)Sc1ccc(C(C)(C)C)cc1. The number of nitrogens with two attached hydrogens (primary N) is 1. The maximum atomic E-state index is 9.20. The Hall–Kier alpha value is -0.510. The average Bonchev–Trinajstić information content (AvgIpc) is 2.27. The largest absolute Gasteiger partial charge is 0.394 e. The molecule has 0 aromatic heterocycles. The summed E-state index contributed by atoms with van der Waals surface area (Å²) in [6.45, 7) is 10.7. The molecule has 0 heterocycles. The van der Waals surface area contributed by atoms with E-state index >= 15 is 0 Å². The van der Waals surface area contributed by atoms with Crippen molar-refractivity contribution in [2.24, 2.45) is 5.73 Å². The number of hydrogen-bond donors (Lipinski definition) is 2. The molecule has 2 unspecified atom stereocenters. The maximum Gasteiger partial charge on any atom is 0.0608 e. The molecule has 1 rings (SSSR count). The summed E-state index contributed by atoms with van der Waals surface area (Å²) in [6, 6.07) is 8.74. The molecule has 0 aliphatic carbocycles. The fourth-order valence-corrected chi connectivity index (χ4v) is 3.25. The molecule has 0 saturated carbocycles. The first-order valence-electron chi connectivity index (χ1n) is 6.81. The average molecular weight is 281 g/mol. The van der Waals surface area contributed by atoms with Gasteiger partial charge in [-0.25, -0.2) is 0 Å². The lowest BCUT2D eigenvalue weighted by molar-refractivity contribution is 0.201. The molecule has 0 saturated heterocycles. The van der Waals surface area contributed by atoms with E-state index in [2.05, 4.69) is 52.0 Å². The third kappa shape index (κ3) is 5.55. The fraction of sp³-hybridized carbons (Fsp3) is 0.625. The van der Waals surface area contributed by atoms with Crippen LogP contribution >= 0.6 is 11.8 Å². The summed E-state index contributed by atoms with van der Waals surface area (Å²) in [5, 5.41) is 9.59. The number of benzene rings is 1. The molecular formula is C16H27NOS. The van der Waals surface area contributed by atoms with Crippen molar-refractivity contribution in [1.29, 1.82) is 0 Å². The maximum absolute atomic E-state index is 9.20. The molecule has 1 aromatic carbocycles. The summed E-state index contributed by atoms with van der Waals surface area (Å²) in [7, 11) is 0. The van der Waals surface area contributed by atoms with E-state index in [1.807, 2.05) is 18.7 Å². The van der Waals surface area contributed by atoms with Crippen molar-refractivity contribution in [3.8, 4) is 0 Å². The van der Waals surface area contributed by atoms with Crippen LogP contribution in [0.2, 0.25) is 0 Å². The molecule has 0 fully saturated rings. The Morgan fingerprint density at radius 3 is 2.11 bits per heavy atom. The van der Waals surface area contributed by atoms with Gasteiger partial charge in [-0.05, 0) is 36.5 Å². The monoisotopic (exact) mass is 281 g/mol. The Bertz CT molecular complexity index is 392. The first-order valence-corrected chi connectivity index (χ1v) is 7.69. The minimum absolute atomic E-state index is 0.0286. The topological polar surface area (TPSA) is 46.2 Å². The van der Waals surface area contributed by atoms with Crippen LogP contribution < -0.4 is 5.73 Å². The zero-order valence-electron chi connectivity index (χ0n) is 12.7. The predicted molar refractivity (Wildman–Crippen MR) is 84.8 cm³/mol. The van der Waals surface area contributed by atoms with Crippen molar-refractivity contribution in [1.82, 2.24) is 0 Å². The lowest BCUT2D eigenvalue weighted by Crippen LogP contribution is -2.42. The van der Waals surface area contributed by atoms with E-state index in [1.54, 1.807) is 0 Å². The Balaban J connectivity index is 2.63. The van der Waals surface area contributed by atoms with Crippen molar-refractivity contribution in [2.75, 3.05) is 6.61 Å². The molecule has 0 aliphatic rings. The molecule has 108 valence electrons. The van der Waals surface area contributed by atoms with E-state index in [0.717, 1.165) is 6.42 Å². The Kier molecular flexibility index (Phi) is 5.48. The minimum atomic E-state index is -0.488. The molecule has 2 atom stereocenters. The number of aliphatic hydroxyl groups excluding tert-OH is 1. The van der Waals surface area contributed by atoms with Gasteiger partial charge in [-0.1, -0.05) is 39.8 Å². The summed E-state index contributed by atoms with van der Waals surface area (Å²) in [5.74, 6) is 0. The van der Waals surface area contributed by atoms with Gasteiger partial charge in [0.2, 0.25) is 0 Å². The molecular weight excluding hydrogens is 254 g/mol. The van der Waals surface area contributed by atoms with Crippen LogP contribution in [0.25, 0.3) is 0 Å². The summed E-state index contributed by atoms with van der Waals surface area (Å²) < 4.78 is 0. The van der Waals surface area contributed by atoms with E-state index in [0.29, 0.717) is 5.25 Å². The zero-order chi connectivity index (χ0) is 14.7. The van der Waals surface area contributed by atoms with Crippen LogP contribution in [0.15, 0.2) is 29.2 Å². The Morgan fingerprint density at radius 1 is 1.16 bits per heavy atom. The van der Waals surface area contributed by atoms with Crippen molar-refractivity contribution >= 4 is 11.8 Å². The Labute approximate surface area is 121 Å². The summed E-state index contributed by atoms with van der Waals surface area (Å²) in [5.41, 5.74) is 7.05. The zero-order valence-corrected chi connectivity index (χ0v) is 13.6. The third-order valence-electron chi connectivity index (χ3n) is 3.17. The normalized spacial score (nSPS) is 17.0. The van der Waals surface area contributed by atoms with Gasteiger partial charge in [0.15, 0.2) is 0 Å². The fourth-order valence-electron chi connectivity index (χ4n) is 2.03. The molecule has 2 nitrogen and oxygen atoms in total. The van der Waals surface area contributed by atoms with Crippen LogP contribution in [-0.4, -0.2) is 22.5 Å². The smallest absolute Gasteiger partial charge is 0.0608 e.